The zero-order valence-corrected chi connectivity index (χ0v) is 22.6. The van der Waals surface area contributed by atoms with Gasteiger partial charge in [0.25, 0.3) is 0 Å². The van der Waals surface area contributed by atoms with Gasteiger partial charge in [0.2, 0.25) is 11.6 Å². The van der Waals surface area contributed by atoms with Gasteiger partial charge in [-0.15, -0.1) is 0 Å². The number of carbonyl (C=O) groups is 4. The molecule has 4 aliphatic rings. The maximum Gasteiger partial charge on any atom is 0.460 e. The molecule has 6 atom stereocenters. The largest absolute Gasteiger partial charge is 0.460 e. The lowest BCUT2D eigenvalue weighted by Crippen LogP contribution is -2.59. The number of fused-ring (bicyclic) bond motifs is 4. The van der Waals surface area contributed by atoms with Gasteiger partial charge in [-0.05, 0) is 48.3 Å². The number of halogens is 10. The molecule has 4 bridgehead atoms. The average molecular weight is 597 g/mol. The summed E-state index contributed by atoms with van der Waals surface area (Å²) in [5, 5.41) is 0. The molecule has 0 spiro atoms. The van der Waals surface area contributed by atoms with E-state index in [9.17, 15) is 63.1 Å². The summed E-state index contributed by atoms with van der Waals surface area (Å²) in [6, 6.07) is 0. The second kappa shape index (κ2) is 8.75. The topological polar surface area (TPSA) is 68.3 Å². The highest BCUT2D eigenvalue weighted by atomic mass is 19.4. The minimum absolute atomic E-state index is 0.152. The molecule has 40 heavy (non-hydrogen) atoms. The third kappa shape index (κ3) is 3.92. The summed E-state index contributed by atoms with van der Waals surface area (Å²) >= 11 is 0. The molecular formula is C26H30F10O4. The van der Waals surface area contributed by atoms with Crippen LogP contribution in [0.15, 0.2) is 0 Å². The molecule has 0 saturated heterocycles. The smallest absolute Gasteiger partial charge is 0.298 e. The molecule has 0 N–H and O–H groups in total. The van der Waals surface area contributed by atoms with Crippen LogP contribution in [0.1, 0.15) is 67.2 Å². The van der Waals surface area contributed by atoms with Gasteiger partial charge in [0.05, 0.1) is 11.8 Å². The first-order valence-electron chi connectivity index (χ1n) is 12.6. The molecule has 0 aromatic rings. The molecule has 6 unspecified atom stereocenters. The van der Waals surface area contributed by atoms with E-state index in [0.717, 1.165) is 0 Å². The number of ketones is 4. The molecular weight excluding hydrogens is 566 g/mol. The third-order valence-corrected chi connectivity index (χ3v) is 11.0. The van der Waals surface area contributed by atoms with Crippen LogP contribution in [0.3, 0.4) is 0 Å². The summed E-state index contributed by atoms with van der Waals surface area (Å²) in [7, 11) is 0. The van der Waals surface area contributed by atoms with Gasteiger partial charge in [0.15, 0.2) is 0 Å². The Morgan fingerprint density at radius 1 is 0.625 bits per heavy atom. The Kier molecular flexibility index (Phi) is 7.11. The zero-order chi connectivity index (χ0) is 31.4. The maximum atomic E-state index is 13.6. The lowest BCUT2D eigenvalue weighted by atomic mass is 9.70. The van der Waals surface area contributed by atoms with E-state index in [4.69, 9.17) is 0 Å². The van der Waals surface area contributed by atoms with Gasteiger partial charge in [-0.2, -0.15) is 43.9 Å². The molecule has 4 nitrogen and oxygen atoms in total. The predicted octanol–water partition coefficient (Wildman–Crippen LogP) is 6.79. The molecule has 0 aliphatic heterocycles. The van der Waals surface area contributed by atoms with Gasteiger partial charge >= 0.3 is 24.2 Å². The van der Waals surface area contributed by atoms with Gasteiger partial charge in [0.1, 0.15) is 11.6 Å². The van der Waals surface area contributed by atoms with Crippen molar-refractivity contribution in [2.75, 3.05) is 0 Å². The minimum atomic E-state index is -6.59. The Balaban J connectivity index is 0.000000230. The Hall–Kier alpha value is -2.02. The third-order valence-electron chi connectivity index (χ3n) is 11.0. The van der Waals surface area contributed by atoms with Crippen LogP contribution in [0.2, 0.25) is 0 Å². The second-order valence-corrected chi connectivity index (χ2v) is 13.0. The molecule has 4 saturated carbocycles. The molecule has 0 heterocycles. The number of Topliss-reactive ketones (excluding diaryl/α,β-unsaturated/α-hetero) is 4. The fourth-order valence-electron chi connectivity index (χ4n) is 7.48. The van der Waals surface area contributed by atoms with E-state index in [2.05, 4.69) is 0 Å². The normalized spacial score (nSPS) is 36.5. The van der Waals surface area contributed by atoms with Crippen molar-refractivity contribution in [2.45, 2.75) is 91.4 Å². The van der Waals surface area contributed by atoms with Crippen LogP contribution < -0.4 is 0 Å². The zero-order valence-electron chi connectivity index (χ0n) is 22.6. The van der Waals surface area contributed by atoms with Gasteiger partial charge in [-0.3, -0.25) is 19.2 Å². The van der Waals surface area contributed by atoms with E-state index in [1.54, 1.807) is 20.8 Å². The lowest BCUT2D eigenvalue weighted by molar-refractivity contribution is -0.344. The minimum Gasteiger partial charge on any atom is -0.298 e. The first-order chi connectivity index (χ1) is 17.6. The first kappa shape index (κ1) is 32.5. The number of hydrogen-bond acceptors (Lipinski definition) is 4. The van der Waals surface area contributed by atoms with E-state index in [1.165, 1.54) is 20.8 Å². The molecule has 0 amide bonds. The summed E-state index contributed by atoms with van der Waals surface area (Å²) in [4.78, 5) is 47.6. The second-order valence-electron chi connectivity index (χ2n) is 13.0. The van der Waals surface area contributed by atoms with E-state index in [-0.39, 0.29) is 12.8 Å². The quantitative estimate of drug-likeness (QED) is 0.265. The number of carbonyl (C=O) groups excluding carboxylic acids is 4. The van der Waals surface area contributed by atoms with Crippen molar-refractivity contribution in [1.29, 1.82) is 0 Å². The van der Waals surface area contributed by atoms with Gasteiger partial charge in [-0.25, -0.2) is 0 Å². The van der Waals surface area contributed by atoms with Crippen LogP contribution in [-0.4, -0.2) is 47.3 Å². The molecule has 228 valence electrons. The average Bonchev–Trinajstić information content (AvgIpc) is 3.27. The highest BCUT2D eigenvalue weighted by Crippen LogP contribution is 2.68. The predicted molar refractivity (Wildman–Crippen MR) is 118 cm³/mol. The summed E-state index contributed by atoms with van der Waals surface area (Å²) in [6.45, 7) is 9.80. The van der Waals surface area contributed by atoms with E-state index < -0.39 is 92.7 Å². The fraction of sp³-hybridized carbons (Fsp3) is 0.846. The van der Waals surface area contributed by atoms with Gasteiger partial charge < -0.3 is 0 Å². The Labute approximate surface area is 223 Å². The highest BCUT2D eigenvalue weighted by Gasteiger charge is 2.79. The summed E-state index contributed by atoms with van der Waals surface area (Å²) in [5.74, 6) is -23.5. The van der Waals surface area contributed by atoms with Crippen molar-refractivity contribution in [3.63, 3.8) is 0 Å². The van der Waals surface area contributed by atoms with Crippen LogP contribution in [0, 0.1) is 45.3 Å². The summed E-state index contributed by atoms with van der Waals surface area (Å²) in [6.07, 6.45) is -9.94. The van der Waals surface area contributed by atoms with Crippen molar-refractivity contribution in [3.8, 4) is 0 Å². The van der Waals surface area contributed by atoms with Crippen LogP contribution >= 0.6 is 0 Å². The van der Waals surface area contributed by atoms with Gasteiger partial charge in [-0.1, -0.05) is 41.5 Å². The summed E-state index contributed by atoms with van der Waals surface area (Å²) < 4.78 is 128. The monoisotopic (exact) mass is 596 g/mol. The molecule has 4 fully saturated rings. The van der Waals surface area contributed by atoms with Crippen LogP contribution in [0.25, 0.3) is 0 Å². The van der Waals surface area contributed by atoms with Crippen LogP contribution in [0.5, 0.6) is 0 Å². The standard InChI is InChI=1S/C14H15F7O2.C12H15F3O2/c1-10(2)6-4-5-11(10,3)8(22)7(6)9(23)12(15,16)13(17,18)14(19,20)21;1-10(2)6-4-5-11(10,3)8(16)7(6)9(17)12(13,14)15/h6-7H,4-5H2,1-3H3;6-7H,4-5H2,1-3H3. The highest BCUT2D eigenvalue weighted by molar-refractivity contribution is 6.11. The Morgan fingerprint density at radius 2 is 0.950 bits per heavy atom. The van der Waals surface area contributed by atoms with Crippen LogP contribution in [0.4, 0.5) is 43.9 Å². The maximum absolute atomic E-state index is 13.6. The SMILES string of the molecule is CC12CCC(C(C(=O)C(F)(F)C(F)(F)C(F)(F)F)C1=O)C2(C)C.CC12CCC(C(C(=O)C(F)(F)F)C1=O)C2(C)C. The van der Waals surface area contributed by atoms with Crippen molar-refractivity contribution in [1.82, 2.24) is 0 Å². The molecule has 4 rings (SSSR count). The van der Waals surface area contributed by atoms with E-state index in [1.807, 2.05) is 0 Å². The van der Waals surface area contributed by atoms with Crippen molar-refractivity contribution >= 4 is 23.1 Å². The molecule has 4 aliphatic carbocycles. The fourth-order valence-corrected chi connectivity index (χ4v) is 7.48. The van der Waals surface area contributed by atoms with Crippen LogP contribution in [-0.2, 0) is 19.2 Å². The molecule has 14 heteroatoms. The Morgan fingerprint density at radius 3 is 1.20 bits per heavy atom. The van der Waals surface area contributed by atoms with Gasteiger partial charge in [0, 0.05) is 10.8 Å². The van der Waals surface area contributed by atoms with E-state index >= 15 is 0 Å². The molecule has 0 radical (unpaired) electrons. The van der Waals surface area contributed by atoms with Crippen molar-refractivity contribution < 1.29 is 63.1 Å². The van der Waals surface area contributed by atoms with Crippen molar-refractivity contribution in [2.24, 2.45) is 45.3 Å². The molecule has 0 aromatic carbocycles. The Bertz CT molecular complexity index is 1140. The number of rotatable bonds is 4. The number of hydrogen-bond donors (Lipinski definition) is 0. The van der Waals surface area contributed by atoms with E-state index in [0.29, 0.717) is 12.8 Å². The number of alkyl halides is 10. The summed E-state index contributed by atoms with van der Waals surface area (Å²) in [5.41, 5.74) is -3.39. The first-order valence-corrected chi connectivity index (χ1v) is 12.6. The lowest BCUT2D eigenvalue weighted by Gasteiger charge is -2.32. The van der Waals surface area contributed by atoms with Crippen molar-refractivity contribution in [3.05, 3.63) is 0 Å². The molecule has 0 aromatic heterocycles.